The summed E-state index contributed by atoms with van der Waals surface area (Å²) in [6.07, 6.45) is 2.73. The Hall–Kier alpha value is -1.94. The van der Waals surface area contributed by atoms with Crippen molar-refractivity contribution < 1.29 is 4.79 Å². The molecule has 3 aromatic rings. The van der Waals surface area contributed by atoms with Crippen molar-refractivity contribution in [1.29, 1.82) is 0 Å². The van der Waals surface area contributed by atoms with E-state index < -0.39 is 0 Å². The number of carbonyl (C=O) groups is 1. The van der Waals surface area contributed by atoms with Gasteiger partial charge < -0.3 is 0 Å². The van der Waals surface area contributed by atoms with Crippen LogP contribution in [0.5, 0.6) is 0 Å². The molecule has 0 spiro atoms. The van der Waals surface area contributed by atoms with Gasteiger partial charge in [-0.1, -0.05) is 28.1 Å². The molecule has 0 amide bonds. The molecule has 0 aliphatic rings. The molecule has 3 nitrogen and oxygen atoms in total. The van der Waals surface area contributed by atoms with Crippen LogP contribution in [0.25, 0.3) is 16.9 Å². The summed E-state index contributed by atoms with van der Waals surface area (Å²) in [6, 6.07) is 11.7. The first kappa shape index (κ1) is 12.1. The zero-order chi connectivity index (χ0) is 13.4. The molecule has 0 N–H and O–H groups in total. The van der Waals surface area contributed by atoms with Gasteiger partial charge in [0.1, 0.15) is 17.0 Å². The van der Waals surface area contributed by atoms with Gasteiger partial charge in [0.05, 0.1) is 0 Å². The number of benzene rings is 1. The van der Waals surface area contributed by atoms with E-state index in [1.54, 1.807) is 0 Å². The quantitative estimate of drug-likeness (QED) is 0.673. The highest BCUT2D eigenvalue weighted by atomic mass is 79.9. The average molecular weight is 315 g/mol. The standard InChI is InChI=1S/C15H11BrN2O/c1-10-5-6-18-13(9-19)15(17-14(18)7-10)11-3-2-4-12(16)8-11/h2-9H,1H3. The average Bonchev–Trinajstić information content (AvgIpc) is 2.76. The molecule has 0 saturated heterocycles. The van der Waals surface area contributed by atoms with Crippen LogP contribution in [0.15, 0.2) is 47.1 Å². The van der Waals surface area contributed by atoms with Crippen LogP contribution in [-0.4, -0.2) is 15.7 Å². The van der Waals surface area contributed by atoms with Crippen molar-refractivity contribution >= 4 is 27.9 Å². The third-order valence-electron chi connectivity index (χ3n) is 3.03. The number of aryl methyl sites for hydroxylation is 1. The fraction of sp³-hybridized carbons (Fsp3) is 0.0667. The number of aromatic nitrogens is 2. The van der Waals surface area contributed by atoms with Gasteiger partial charge in [0.15, 0.2) is 6.29 Å². The maximum atomic E-state index is 11.4. The summed E-state index contributed by atoms with van der Waals surface area (Å²) in [6.45, 7) is 2.01. The van der Waals surface area contributed by atoms with Crippen LogP contribution in [0.3, 0.4) is 0 Å². The van der Waals surface area contributed by atoms with Gasteiger partial charge in [0.25, 0.3) is 0 Å². The van der Waals surface area contributed by atoms with Gasteiger partial charge in [0, 0.05) is 16.2 Å². The Morgan fingerprint density at radius 3 is 2.84 bits per heavy atom. The molecule has 3 rings (SSSR count). The van der Waals surface area contributed by atoms with E-state index in [2.05, 4.69) is 20.9 Å². The first-order chi connectivity index (χ1) is 9.19. The van der Waals surface area contributed by atoms with E-state index >= 15 is 0 Å². The van der Waals surface area contributed by atoms with Crippen LogP contribution in [0, 0.1) is 6.92 Å². The molecular weight excluding hydrogens is 304 g/mol. The lowest BCUT2D eigenvalue weighted by Crippen LogP contribution is -1.92. The second-order valence-electron chi connectivity index (χ2n) is 4.41. The van der Waals surface area contributed by atoms with Crippen molar-refractivity contribution in [2.75, 3.05) is 0 Å². The van der Waals surface area contributed by atoms with Gasteiger partial charge in [-0.05, 0) is 36.8 Å². The molecule has 0 aliphatic heterocycles. The maximum absolute atomic E-state index is 11.4. The second-order valence-corrected chi connectivity index (χ2v) is 5.32. The van der Waals surface area contributed by atoms with Gasteiger partial charge in [0.2, 0.25) is 0 Å². The first-order valence-electron chi connectivity index (χ1n) is 5.89. The molecule has 2 heterocycles. The summed E-state index contributed by atoms with van der Waals surface area (Å²) in [5.74, 6) is 0. The van der Waals surface area contributed by atoms with Crippen molar-refractivity contribution in [3.05, 3.63) is 58.3 Å². The van der Waals surface area contributed by atoms with Gasteiger partial charge in [-0.2, -0.15) is 0 Å². The Labute approximate surface area is 119 Å². The third kappa shape index (κ3) is 2.08. The Morgan fingerprint density at radius 1 is 1.26 bits per heavy atom. The minimum absolute atomic E-state index is 0.577. The van der Waals surface area contributed by atoms with Crippen LogP contribution in [-0.2, 0) is 0 Å². The Balaban J connectivity index is 2.31. The van der Waals surface area contributed by atoms with Gasteiger partial charge in [-0.3, -0.25) is 9.20 Å². The number of carbonyl (C=O) groups excluding carboxylic acids is 1. The van der Waals surface area contributed by atoms with E-state index in [4.69, 9.17) is 0 Å². The van der Waals surface area contributed by atoms with E-state index in [1.165, 1.54) is 0 Å². The highest BCUT2D eigenvalue weighted by Gasteiger charge is 2.13. The molecule has 94 valence electrons. The van der Waals surface area contributed by atoms with Crippen LogP contribution in [0.1, 0.15) is 16.1 Å². The maximum Gasteiger partial charge on any atom is 0.169 e. The molecule has 2 aromatic heterocycles. The molecule has 0 saturated carbocycles. The van der Waals surface area contributed by atoms with Crippen LogP contribution < -0.4 is 0 Å². The van der Waals surface area contributed by atoms with E-state index in [0.717, 1.165) is 27.5 Å². The molecule has 0 bridgehead atoms. The number of nitrogens with zero attached hydrogens (tertiary/aromatic N) is 2. The fourth-order valence-electron chi connectivity index (χ4n) is 2.13. The molecule has 19 heavy (non-hydrogen) atoms. The highest BCUT2D eigenvalue weighted by molar-refractivity contribution is 9.10. The predicted octanol–water partition coefficient (Wildman–Crippen LogP) is 3.88. The number of hydrogen-bond acceptors (Lipinski definition) is 2. The van der Waals surface area contributed by atoms with E-state index in [-0.39, 0.29) is 0 Å². The van der Waals surface area contributed by atoms with Gasteiger partial charge >= 0.3 is 0 Å². The lowest BCUT2D eigenvalue weighted by atomic mass is 10.1. The lowest BCUT2D eigenvalue weighted by molar-refractivity contribution is 0.111. The SMILES string of the molecule is Cc1ccn2c(C=O)c(-c3cccc(Br)c3)nc2c1. The smallest absolute Gasteiger partial charge is 0.169 e. The zero-order valence-electron chi connectivity index (χ0n) is 10.3. The third-order valence-corrected chi connectivity index (χ3v) is 3.52. The van der Waals surface area contributed by atoms with Crippen molar-refractivity contribution in [2.24, 2.45) is 0 Å². The number of rotatable bonds is 2. The van der Waals surface area contributed by atoms with Crippen molar-refractivity contribution in [1.82, 2.24) is 9.38 Å². The summed E-state index contributed by atoms with van der Waals surface area (Å²) in [5.41, 5.74) is 4.13. The largest absolute Gasteiger partial charge is 0.297 e. The number of hydrogen-bond donors (Lipinski definition) is 0. The fourth-order valence-corrected chi connectivity index (χ4v) is 2.53. The highest BCUT2D eigenvalue weighted by Crippen LogP contribution is 2.26. The second kappa shape index (κ2) is 4.63. The Bertz CT molecular complexity index is 777. The summed E-state index contributed by atoms with van der Waals surface area (Å²) in [5, 5.41) is 0. The van der Waals surface area contributed by atoms with Crippen molar-refractivity contribution in [2.45, 2.75) is 6.92 Å². The predicted molar refractivity (Wildman–Crippen MR) is 78.5 cm³/mol. The summed E-state index contributed by atoms with van der Waals surface area (Å²) < 4.78 is 2.78. The monoisotopic (exact) mass is 314 g/mol. The number of pyridine rings is 1. The van der Waals surface area contributed by atoms with Gasteiger partial charge in [-0.25, -0.2) is 4.98 Å². The van der Waals surface area contributed by atoms with Gasteiger partial charge in [-0.15, -0.1) is 0 Å². The lowest BCUT2D eigenvalue weighted by Gasteiger charge is -1.99. The number of aldehydes is 1. The molecule has 0 radical (unpaired) electrons. The molecule has 0 fully saturated rings. The van der Waals surface area contributed by atoms with Crippen LogP contribution >= 0.6 is 15.9 Å². The minimum Gasteiger partial charge on any atom is -0.297 e. The number of fused-ring (bicyclic) bond motifs is 1. The minimum atomic E-state index is 0.577. The molecule has 1 aromatic carbocycles. The molecule has 4 heteroatoms. The molecule has 0 atom stereocenters. The van der Waals surface area contributed by atoms with E-state index in [0.29, 0.717) is 11.4 Å². The van der Waals surface area contributed by atoms with Crippen molar-refractivity contribution in [3.63, 3.8) is 0 Å². The summed E-state index contributed by atoms with van der Waals surface area (Å²) >= 11 is 3.44. The normalized spacial score (nSPS) is 10.8. The summed E-state index contributed by atoms with van der Waals surface area (Å²) in [7, 11) is 0. The number of imidazole rings is 1. The molecular formula is C15H11BrN2O. The molecule has 0 unspecified atom stereocenters. The zero-order valence-corrected chi connectivity index (χ0v) is 11.9. The first-order valence-corrected chi connectivity index (χ1v) is 6.68. The van der Waals surface area contributed by atoms with Crippen LogP contribution in [0.2, 0.25) is 0 Å². The Morgan fingerprint density at radius 2 is 2.11 bits per heavy atom. The van der Waals surface area contributed by atoms with E-state index in [1.807, 2.05) is 53.9 Å². The molecule has 0 aliphatic carbocycles. The Kier molecular flexibility index (Phi) is 2.95. The topological polar surface area (TPSA) is 34.4 Å². The van der Waals surface area contributed by atoms with Crippen molar-refractivity contribution in [3.8, 4) is 11.3 Å². The van der Waals surface area contributed by atoms with E-state index in [9.17, 15) is 4.79 Å². The van der Waals surface area contributed by atoms with Crippen LogP contribution in [0.4, 0.5) is 0 Å². The number of halogens is 1. The summed E-state index contributed by atoms with van der Waals surface area (Å²) in [4.78, 5) is 15.9.